The fourth-order valence-electron chi connectivity index (χ4n) is 5.05. The number of hydrogen-bond donors (Lipinski definition) is 3. The maximum atomic E-state index is 12.2. The van der Waals surface area contributed by atoms with Crippen LogP contribution < -0.4 is 5.32 Å². The summed E-state index contributed by atoms with van der Waals surface area (Å²) < 4.78 is 5.78. The zero-order valence-electron chi connectivity index (χ0n) is 26.2. The second-order valence-electron chi connectivity index (χ2n) is 11.6. The maximum Gasteiger partial charge on any atom is 0.219 e. The summed E-state index contributed by atoms with van der Waals surface area (Å²) in [4.78, 5) is 14.3. The Bertz CT molecular complexity index is 492. The van der Waals surface area contributed by atoms with Crippen LogP contribution in [-0.4, -0.2) is 73.1 Å². The predicted molar refractivity (Wildman–Crippen MR) is 166 cm³/mol. The van der Waals surface area contributed by atoms with Crippen LogP contribution in [0.3, 0.4) is 0 Å². The highest BCUT2D eigenvalue weighted by atomic mass is 16.5. The largest absolute Gasteiger partial charge is 0.394 e. The van der Waals surface area contributed by atoms with Crippen molar-refractivity contribution in [2.75, 3.05) is 46.0 Å². The van der Waals surface area contributed by atoms with Crippen LogP contribution in [0.2, 0.25) is 0 Å². The Morgan fingerprint density at radius 2 is 1.13 bits per heavy atom. The van der Waals surface area contributed by atoms with Gasteiger partial charge < -0.3 is 25.2 Å². The van der Waals surface area contributed by atoms with Crippen molar-refractivity contribution < 1.29 is 19.7 Å². The molecule has 234 valence electrons. The van der Waals surface area contributed by atoms with Crippen LogP contribution in [0.4, 0.5) is 0 Å². The second-order valence-corrected chi connectivity index (χ2v) is 11.6. The molecule has 0 radical (unpaired) electrons. The average Bonchev–Trinajstić information content (AvgIpc) is 2.94. The van der Waals surface area contributed by atoms with E-state index in [0.717, 1.165) is 58.4 Å². The van der Waals surface area contributed by atoms with Crippen LogP contribution in [0.15, 0.2) is 0 Å². The van der Waals surface area contributed by atoms with Crippen molar-refractivity contribution in [1.29, 1.82) is 0 Å². The minimum absolute atomic E-state index is 0.156. The first-order valence-corrected chi connectivity index (χ1v) is 17.0. The van der Waals surface area contributed by atoms with Gasteiger partial charge in [0.15, 0.2) is 0 Å². The van der Waals surface area contributed by atoms with Gasteiger partial charge in [0.2, 0.25) is 5.91 Å². The zero-order valence-corrected chi connectivity index (χ0v) is 26.2. The fraction of sp³-hybridized carbons (Fsp3) is 0.970. The van der Waals surface area contributed by atoms with Crippen LogP contribution >= 0.6 is 0 Å². The molecule has 0 aromatic heterocycles. The third-order valence-corrected chi connectivity index (χ3v) is 7.57. The van der Waals surface area contributed by atoms with Gasteiger partial charge in [-0.25, -0.2) is 0 Å². The molecule has 39 heavy (non-hydrogen) atoms. The molecule has 0 aliphatic heterocycles. The van der Waals surface area contributed by atoms with Crippen molar-refractivity contribution in [1.82, 2.24) is 10.2 Å². The van der Waals surface area contributed by atoms with Crippen molar-refractivity contribution in [3.05, 3.63) is 0 Å². The number of hydrogen-bond acceptors (Lipinski definition) is 5. The molecule has 3 N–H and O–H groups in total. The average molecular weight is 557 g/mol. The minimum atomic E-state index is -0.723. The third-order valence-electron chi connectivity index (χ3n) is 7.57. The van der Waals surface area contributed by atoms with E-state index >= 15 is 0 Å². The van der Waals surface area contributed by atoms with Gasteiger partial charge in [0.05, 0.1) is 12.7 Å². The highest BCUT2D eigenvalue weighted by Gasteiger charge is 2.11. The van der Waals surface area contributed by atoms with Gasteiger partial charge in [-0.2, -0.15) is 0 Å². The molecule has 0 spiro atoms. The number of ether oxygens (including phenoxy) is 1. The lowest BCUT2D eigenvalue weighted by molar-refractivity contribution is -0.121. The summed E-state index contributed by atoms with van der Waals surface area (Å²) in [5, 5.41) is 22.2. The monoisotopic (exact) mass is 557 g/mol. The Hall–Kier alpha value is -0.690. The lowest BCUT2D eigenvalue weighted by atomic mass is 10.0. The summed E-state index contributed by atoms with van der Waals surface area (Å²) >= 11 is 0. The number of carbonyl (C=O) groups excluding carboxylic acids is 1. The molecule has 0 aliphatic carbocycles. The summed E-state index contributed by atoms with van der Waals surface area (Å²) in [5.74, 6) is 0.156. The highest BCUT2D eigenvalue weighted by Crippen LogP contribution is 2.13. The maximum absolute atomic E-state index is 12.2. The summed E-state index contributed by atoms with van der Waals surface area (Å²) in [6.45, 7) is 8.61. The van der Waals surface area contributed by atoms with E-state index in [0.29, 0.717) is 19.5 Å². The van der Waals surface area contributed by atoms with E-state index in [9.17, 15) is 15.0 Å². The molecular formula is C33H68N2O4. The first-order chi connectivity index (χ1) is 19.1. The van der Waals surface area contributed by atoms with E-state index < -0.39 is 6.10 Å². The van der Waals surface area contributed by atoms with Gasteiger partial charge in [0, 0.05) is 39.3 Å². The van der Waals surface area contributed by atoms with Crippen molar-refractivity contribution in [2.24, 2.45) is 0 Å². The van der Waals surface area contributed by atoms with E-state index in [4.69, 9.17) is 4.74 Å². The number of unbranched alkanes of at least 4 members (excludes halogenated alkanes) is 17. The first-order valence-electron chi connectivity index (χ1n) is 17.0. The Labute approximate surface area is 243 Å². The van der Waals surface area contributed by atoms with Crippen LogP contribution in [0.1, 0.15) is 155 Å². The molecule has 0 saturated heterocycles. The SMILES string of the molecule is CCCCCCCCCCCCCCCC(=O)NCCCN(CCCOCCCCCCCC)CC(O)CO. The van der Waals surface area contributed by atoms with Crippen LogP contribution in [0.5, 0.6) is 0 Å². The number of nitrogens with zero attached hydrogens (tertiary/aromatic N) is 1. The standard InChI is InChI=1S/C33H68N2O4/c1-3-5-7-9-11-12-13-14-15-16-17-18-20-24-33(38)34-25-22-26-35(30-32(37)31-36)27-23-29-39-28-21-19-10-8-6-4-2/h32,36-37H,3-31H2,1-2H3,(H,34,38). The molecule has 0 bridgehead atoms. The predicted octanol–water partition coefficient (Wildman–Crippen LogP) is 7.40. The number of amides is 1. The molecule has 6 nitrogen and oxygen atoms in total. The summed E-state index contributed by atoms with van der Waals surface area (Å²) in [7, 11) is 0. The molecule has 0 aromatic carbocycles. The van der Waals surface area contributed by atoms with E-state index in [1.807, 2.05) is 0 Å². The molecule has 0 saturated carbocycles. The van der Waals surface area contributed by atoms with Gasteiger partial charge in [-0.3, -0.25) is 4.79 Å². The third kappa shape index (κ3) is 30.1. The number of rotatable bonds is 32. The summed E-state index contributed by atoms with van der Waals surface area (Å²) in [5.41, 5.74) is 0. The van der Waals surface area contributed by atoms with Crippen molar-refractivity contribution in [2.45, 2.75) is 161 Å². The van der Waals surface area contributed by atoms with E-state index in [1.165, 1.54) is 103 Å². The number of aliphatic hydroxyl groups is 2. The Morgan fingerprint density at radius 1 is 0.667 bits per heavy atom. The summed E-state index contributed by atoms with van der Waals surface area (Å²) in [6, 6.07) is 0. The molecule has 6 heteroatoms. The number of aliphatic hydroxyl groups excluding tert-OH is 2. The van der Waals surface area contributed by atoms with Gasteiger partial charge >= 0.3 is 0 Å². The van der Waals surface area contributed by atoms with E-state index in [1.54, 1.807) is 0 Å². The van der Waals surface area contributed by atoms with Gasteiger partial charge in [-0.15, -0.1) is 0 Å². The molecule has 1 unspecified atom stereocenters. The summed E-state index contributed by atoms with van der Waals surface area (Å²) in [6.07, 6.45) is 26.4. The van der Waals surface area contributed by atoms with Crippen LogP contribution in [0, 0.1) is 0 Å². The van der Waals surface area contributed by atoms with Gasteiger partial charge in [0.25, 0.3) is 0 Å². The van der Waals surface area contributed by atoms with Crippen molar-refractivity contribution in [3.8, 4) is 0 Å². The molecule has 0 fully saturated rings. The van der Waals surface area contributed by atoms with Gasteiger partial charge in [-0.1, -0.05) is 123 Å². The fourth-order valence-corrected chi connectivity index (χ4v) is 5.05. The molecule has 0 aliphatic rings. The molecular weight excluding hydrogens is 488 g/mol. The zero-order chi connectivity index (χ0) is 28.7. The van der Waals surface area contributed by atoms with E-state index in [2.05, 4.69) is 24.1 Å². The Morgan fingerprint density at radius 3 is 1.67 bits per heavy atom. The van der Waals surface area contributed by atoms with Gasteiger partial charge in [-0.05, 0) is 32.2 Å². The molecule has 0 rings (SSSR count). The molecule has 0 aromatic rings. The molecule has 1 atom stereocenters. The highest BCUT2D eigenvalue weighted by molar-refractivity contribution is 5.75. The first kappa shape index (κ1) is 38.3. The smallest absolute Gasteiger partial charge is 0.219 e. The topological polar surface area (TPSA) is 82.0 Å². The Balaban J connectivity index is 3.68. The van der Waals surface area contributed by atoms with Crippen LogP contribution in [-0.2, 0) is 9.53 Å². The van der Waals surface area contributed by atoms with Crippen molar-refractivity contribution >= 4 is 5.91 Å². The Kier molecular flexibility index (Phi) is 31.3. The van der Waals surface area contributed by atoms with Gasteiger partial charge in [0.1, 0.15) is 0 Å². The second kappa shape index (κ2) is 31.8. The number of carbonyl (C=O) groups is 1. The normalized spacial score (nSPS) is 12.3. The van der Waals surface area contributed by atoms with Crippen LogP contribution in [0.25, 0.3) is 0 Å². The minimum Gasteiger partial charge on any atom is -0.394 e. The lowest BCUT2D eigenvalue weighted by Gasteiger charge is -2.24. The quantitative estimate of drug-likeness (QED) is 0.0752. The van der Waals surface area contributed by atoms with E-state index in [-0.39, 0.29) is 12.5 Å². The molecule has 1 amide bonds. The lowest BCUT2D eigenvalue weighted by Crippen LogP contribution is -2.37. The number of nitrogens with one attached hydrogen (secondary N) is 1. The van der Waals surface area contributed by atoms with Crippen molar-refractivity contribution in [3.63, 3.8) is 0 Å². The molecule has 0 heterocycles.